The third kappa shape index (κ3) is 5.77. The Morgan fingerprint density at radius 2 is 1.95 bits per heavy atom. The Hall–Kier alpha value is -2.02. The Kier molecular flexibility index (Phi) is 7.45. The number of primary amides is 1. The molecule has 0 aliphatic heterocycles. The molecule has 0 bridgehead atoms. The zero-order valence-electron chi connectivity index (χ0n) is 12.7. The molecule has 4 N–H and O–H groups in total. The molecule has 0 aliphatic rings. The molecule has 0 aromatic heterocycles. The lowest BCUT2D eigenvalue weighted by molar-refractivity contribution is -0.119. The number of nitrogens with one attached hydrogen (secondary N) is 2. The topological polar surface area (TPSA) is 101 Å². The molecule has 1 aromatic carbocycles. The smallest absolute Gasteiger partial charge is 0.283 e. The number of amides is 3. The minimum Gasteiger partial charge on any atom is -0.368 e. The third-order valence-corrected chi connectivity index (χ3v) is 3.81. The van der Waals surface area contributed by atoms with E-state index in [1.807, 2.05) is 6.92 Å². The number of carbonyl (C=O) groups excluding carboxylic acids is 3. The summed E-state index contributed by atoms with van der Waals surface area (Å²) in [6.07, 6.45) is 1.90. The van der Waals surface area contributed by atoms with Gasteiger partial charge < -0.3 is 16.4 Å². The summed E-state index contributed by atoms with van der Waals surface area (Å²) in [6.45, 7) is 4.15. The Morgan fingerprint density at radius 1 is 1.27 bits per heavy atom. The summed E-state index contributed by atoms with van der Waals surface area (Å²) in [7, 11) is 0. The molecule has 0 spiro atoms. The van der Waals surface area contributed by atoms with Crippen LogP contribution in [-0.4, -0.2) is 29.6 Å². The number of thioether (sulfide) groups is 1. The lowest BCUT2D eigenvalue weighted by Crippen LogP contribution is -2.42. The van der Waals surface area contributed by atoms with Crippen LogP contribution in [0.3, 0.4) is 0 Å². The fourth-order valence-corrected chi connectivity index (χ4v) is 2.38. The highest BCUT2D eigenvalue weighted by molar-refractivity contribution is 8.13. The zero-order chi connectivity index (χ0) is 16.5. The van der Waals surface area contributed by atoms with Gasteiger partial charge in [-0.3, -0.25) is 14.4 Å². The van der Waals surface area contributed by atoms with E-state index in [0.29, 0.717) is 17.0 Å². The first kappa shape index (κ1) is 18.0. The van der Waals surface area contributed by atoms with Crippen molar-refractivity contribution in [3.05, 3.63) is 29.8 Å². The normalized spacial score (nSPS) is 11.5. The number of hydrogen-bond acceptors (Lipinski definition) is 4. The fourth-order valence-electron chi connectivity index (χ4n) is 1.59. The molecule has 0 saturated carbocycles. The van der Waals surface area contributed by atoms with Crippen molar-refractivity contribution in [2.45, 2.75) is 37.6 Å². The minimum atomic E-state index is -0.774. The number of hydrogen-bond donors (Lipinski definition) is 3. The van der Waals surface area contributed by atoms with Crippen LogP contribution in [0.15, 0.2) is 29.2 Å². The van der Waals surface area contributed by atoms with Crippen molar-refractivity contribution in [3.8, 4) is 0 Å². The largest absolute Gasteiger partial charge is 0.368 e. The van der Waals surface area contributed by atoms with Gasteiger partial charge in [-0.1, -0.05) is 25.5 Å². The molecule has 22 heavy (non-hydrogen) atoms. The molecule has 0 heterocycles. The second kappa shape index (κ2) is 9.09. The monoisotopic (exact) mass is 323 g/mol. The Morgan fingerprint density at radius 3 is 2.59 bits per heavy atom. The number of unbranched alkanes of at least 4 members (excludes halogenated alkanes) is 1. The predicted molar refractivity (Wildman–Crippen MR) is 86.7 cm³/mol. The van der Waals surface area contributed by atoms with Crippen LogP contribution in [-0.2, 0) is 4.79 Å². The summed E-state index contributed by atoms with van der Waals surface area (Å²) in [5, 5.41) is 5.07. The highest BCUT2D eigenvalue weighted by Crippen LogP contribution is 2.23. The average Bonchev–Trinajstić information content (AvgIpc) is 2.47. The van der Waals surface area contributed by atoms with E-state index in [-0.39, 0.29) is 5.24 Å². The van der Waals surface area contributed by atoms with Gasteiger partial charge >= 0.3 is 0 Å². The van der Waals surface area contributed by atoms with Crippen molar-refractivity contribution in [2.24, 2.45) is 5.73 Å². The third-order valence-electron chi connectivity index (χ3n) is 2.91. The molecule has 3 amide bonds. The van der Waals surface area contributed by atoms with E-state index in [9.17, 15) is 14.4 Å². The van der Waals surface area contributed by atoms with Crippen LogP contribution < -0.4 is 16.4 Å². The van der Waals surface area contributed by atoms with E-state index in [1.165, 1.54) is 6.92 Å². The molecule has 0 unspecified atom stereocenters. The van der Waals surface area contributed by atoms with Gasteiger partial charge in [0.15, 0.2) is 0 Å². The Bertz CT molecular complexity index is 549. The zero-order valence-corrected chi connectivity index (χ0v) is 13.5. The summed E-state index contributed by atoms with van der Waals surface area (Å²) in [5.74, 6) is -1.05. The van der Waals surface area contributed by atoms with Gasteiger partial charge in [-0.2, -0.15) is 0 Å². The summed E-state index contributed by atoms with van der Waals surface area (Å²) in [4.78, 5) is 35.5. The standard InChI is InChI=1S/C15H21N3O3S/c1-3-4-9-17-15(21)22-12-8-6-5-7-11(12)14(20)18-10(2)13(16)19/h5-8,10H,3-4,9H2,1-2H3,(H2,16,19)(H,17,21)(H,18,20)/t10-/m1/s1. The molecule has 6 nitrogen and oxygen atoms in total. The molecule has 1 atom stereocenters. The summed E-state index contributed by atoms with van der Waals surface area (Å²) in [6, 6.07) is 5.96. The number of nitrogens with two attached hydrogens (primary N) is 1. The molecule has 0 fully saturated rings. The Balaban J connectivity index is 2.74. The minimum absolute atomic E-state index is 0.211. The number of rotatable bonds is 7. The molecule has 0 radical (unpaired) electrons. The quantitative estimate of drug-likeness (QED) is 0.527. The highest BCUT2D eigenvalue weighted by atomic mass is 32.2. The highest BCUT2D eigenvalue weighted by Gasteiger charge is 2.18. The number of carbonyl (C=O) groups is 3. The van der Waals surface area contributed by atoms with Gasteiger partial charge in [-0.25, -0.2) is 0 Å². The first-order chi connectivity index (χ1) is 10.5. The van der Waals surface area contributed by atoms with Crippen LogP contribution in [0.25, 0.3) is 0 Å². The van der Waals surface area contributed by atoms with Crippen LogP contribution in [0.2, 0.25) is 0 Å². The van der Waals surface area contributed by atoms with Crippen molar-refractivity contribution in [1.82, 2.24) is 10.6 Å². The van der Waals surface area contributed by atoms with Crippen molar-refractivity contribution in [1.29, 1.82) is 0 Å². The van der Waals surface area contributed by atoms with Gasteiger partial charge in [-0.05, 0) is 37.2 Å². The first-order valence-corrected chi connectivity index (χ1v) is 7.92. The maximum Gasteiger partial charge on any atom is 0.283 e. The lowest BCUT2D eigenvalue weighted by atomic mass is 10.2. The van der Waals surface area contributed by atoms with Crippen molar-refractivity contribution in [2.75, 3.05) is 6.54 Å². The van der Waals surface area contributed by atoms with Crippen LogP contribution >= 0.6 is 11.8 Å². The summed E-state index contributed by atoms with van der Waals surface area (Å²) in [5.41, 5.74) is 5.47. The van der Waals surface area contributed by atoms with Crippen LogP contribution in [0.4, 0.5) is 4.79 Å². The molecule has 0 aliphatic carbocycles. The van der Waals surface area contributed by atoms with E-state index in [2.05, 4.69) is 10.6 Å². The summed E-state index contributed by atoms with van der Waals surface area (Å²) < 4.78 is 0. The molecular weight excluding hydrogens is 302 g/mol. The van der Waals surface area contributed by atoms with Gasteiger partial charge in [0, 0.05) is 11.4 Å². The van der Waals surface area contributed by atoms with E-state index < -0.39 is 17.9 Å². The van der Waals surface area contributed by atoms with Gasteiger partial charge in [0.05, 0.1) is 5.56 Å². The number of benzene rings is 1. The second-order valence-electron chi connectivity index (χ2n) is 4.76. The summed E-state index contributed by atoms with van der Waals surface area (Å²) >= 11 is 0.957. The second-order valence-corrected chi connectivity index (χ2v) is 5.78. The van der Waals surface area contributed by atoms with Gasteiger partial charge in [0.2, 0.25) is 5.91 Å². The maximum absolute atomic E-state index is 12.2. The molecule has 0 saturated heterocycles. The van der Waals surface area contributed by atoms with Crippen LogP contribution in [0, 0.1) is 0 Å². The molecule has 1 rings (SSSR count). The Labute approximate surface area is 134 Å². The van der Waals surface area contributed by atoms with Gasteiger partial charge in [0.25, 0.3) is 11.1 Å². The van der Waals surface area contributed by atoms with Gasteiger partial charge in [0.1, 0.15) is 6.04 Å². The predicted octanol–water partition coefficient (Wildman–Crippen LogP) is 1.89. The SMILES string of the molecule is CCCCNC(=O)Sc1ccccc1C(=O)N[C@H](C)C(N)=O. The van der Waals surface area contributed by atoms with Crippen molar-refractivity contribution >= 4 is 28.8 Å². The van der Waals surface area contributed by atoms with Crippen molar-refractivity contribution in [3.63, 3.8) is 0 Å². The van der Waals surface area contributed by atoms with Crippen molar-refractivity contribution < 1.29 is 14.4 Å². The molecule has 7 heteroatoms. The van der Waals surface area contributed by atoms with E-state index in [4.69, 9.17) is 5.73 Å². The molecular formula is C15H21N3O3S. The van der Waals surface area contributed by atoms with E-state index >= 15 is 0 Å². The lowest BCUT2D eigenvalue weighted by Gasteiger charge is -2.12. The van der Waals surface area contributed by atoms with Crippen LogP contribution in [0.5, 0.6) is 0 Å². The van der Waals surface area contributed by atoms with E-state index in [0.717, 1.165) is 24.6 Å². The first-order valence-electron chi connectivity index (χ1n) is 7.10. The van der Waals surface area contributed by atoms with Crippen LogP contribution in [0.1, 0.15) is 37.0 Å². The molecule has 1 aromatic rings. The van der Waals surface area contributed by atoms with E-state index in [1.54, 1.807) is 24.3 Å². The maximum atomic E-state index is 12.2. The van der Waals surface area contributed by atoms with Gasteiger partial charge in [-0.15, -0.1) is 0 Å². The molecule has 120 valence electrons. The average molecular weight is 323 g/mol. The fraction of sp³-hybridized carbons (Fsp3) is 0.400.